The largest absolute Gasteiger partial charge is 0.361 e. The van der Waals surface area contributed by atoms with E-state index in [1.807, 2.05) is 50.5 Å². The highest BCUT2D eigenvalue weighted by atomic mass is 35.5. The summed E-state index contributed by atoms with van der Waals surface area (Å²) in [4.78, 5) is 2.13. The second-order valence-electron chi connectivity index (χ2n) is 5.55. The molecule has 2 aromatic rings. The highest BCUT2D eigenvalue weighted by Crippen LogP contribution is 2.25. The summed E-state index contributed by atoms with van der Waals surface area (Å²) in [7, 11) is 4.08. The molecular weight excluding hydrogens is 326 g/mol. The lowest BCUT2D eigenvalue weighted by molar-refractivity contribution is 0.298. The fraction of sp³-hybridized carbons (Fsp3) is 0.278. The third-order valence-electron chi connectivity index (χ3n) is 3.64. The zero-order valence-electron chi connectivity index (χ0n) is 13.4. The van der Waals surface area contributed by atoms with Gasteiger partial charge in [-0.15, -0.1) is 0 Å². The van der Waals surface area contributed by atoms with Crippen LogP contribution in [0.3, 0.4) is 0 Å². The van der Waals surface area contributed by atoms with E-state index in [1.54, 1.807) is 0 Å². The fourth-order valence-electron chi connectivity index (χ4n) is 2.35. The number of nitrogens with one attached hydrogen (secondary N) is 2. The first kappa shape index (κ1) is 17.7. The normalized spacial score (nSPS) is 12.0. The molecule has 0 aliphatic rings. The molecule has 0 amide bonds. The van der Waals surface area contributed by atoms with Gasteiger partial charge in [0.1, 0.15) is 0 Å². The molecule has 0 unspecified atom stereocenters. The van der Waals surface area contributed by atoms with Gasteiger partial charge in [0.15, 0.2) is 5.11 Å². The van der Waals surface area contributed by atoms with Crippen LogP contribution in [0.25, 0.3) is 0 Å². The average Bonchev–Trinajstić information content (AvgIpc) is 2.55. The van der Waals surface area contributed by atoms with Crippen molar-refractivity contribution in [1.29, 1.82) is 0 Å². The Morgan fingerprint density at radius 1 is 1.04 bits per heavy atom. The van der Waals surface area contributed by atoms with Crippen LogP contribution in [0.5, 0.6) is 0 Å². The second-order valence-corrected chi connectivity index (χ2v) is 6.37. The molecule has 0 aliphatic carbocycles. The van der Waals surface area contributed by atoms with E-state index in [-0.39, 0.29) is 6.04 Å². The van der Waals surface area contributed by atoms with Crippen molar-refractivity contribution < 1.29 is 0 Å². The van der Waals surface area contributed by atoms with Gasteiger partial charge in [-0.05, 0) is 43.5 Å². The summed E-state index contributed by atoms with van der Waals surface area (Å²) in [5.41, 5.74) is 2.30. The Balaban J connectivity index is 1.89. The monoisotopic (exact) mass is 347 g/mol. The van der Waals surface area contributed by atoms with Gasteiger partial charge in [0.05, 0.1) is 6.04 Å². The van der Waals surface area contributed by atoms with Gasteiger partial charge in [0, 0.05) is 18.1 Å². The van der Waals surface area contributed by atoms with Crippen LogP contribution < -0.4 is 10.6 Å². The fourth-order valence-corrected chi connectivity index (χ4v) is 2.76. The topological polar surface area (TPSA) is 27.3 Å². The van der Waals surface area contributed by atoms with E-state index < -0.39 is 0 Å². The Morgan fingerprint density at radius 3 is 2.35 bits per heavy atom. The molecule has 0 saturated heterocycles. The van der Waals surface area contributed by atoms with Crippen molar-refractivity contribution in [3.63, 3.8) is 0 Å². The number of nitrogens with zero attached hydrogens (tertiary/aromatic N) is 1. The van der Waals surface area contributed by atoms with E-state index in [4.69, 9.17) is 23.8 Å². The lowest BCUT2D eigenvalue weighted by Crippen LogP contribution is -2.40. The van der Waals surface area contributed by atoms with E-state index in [0.29, 0.717) is 18.2 Å². The number of halogens is 1. The maximum absolute atomic E-state index is 6.32. The minimum absolute atomic E-state index is 0.153. The van der Waals surface area contributed by atoms with E-state index in [1.165, 1.54) is 5.56 Å². The molecule has 23 heavy (non-hydrogen) atoms. The van der Waals surface area contributed by atoms with Crippen LogP contribution in [-0.4, -0.2) is 30.7 Å². The molecule has 2 rings (SSSR count). The zero-order chi connectivity index (χ0) is 16.7. The number of benzene rings is 2. The molecule has 0 aliphatic heterocycles. The molecule has 0 saturated carbocycles. The van der Waals surface area contributed by atoms with Crippen LogP contribution in [0.4, 0.5) is 0 Å². The van der Waals surface area contributed by atoms with E-state index in [2.05, 4.69) is 33.7 Å². The molecule has 5 heteroatoms. The maximum atomic E-state index is 6.32. The Kier molecular flexibility index (Phi) is 6.84. The predicted molar refractivity (Wildman–Crippen MR) is 102 cm³/mol. The maximum Gasteiger partial charge on any atom is 0.166 e. The van der Waals surface area contributed by atoms with Crippen LogP contribution in [0, 0.1) is 0 Å². The van der Waals surface area contributed by atoms with E-state index in [9.17, 15) is 0 Å². The summed E-state index contributed by atoms with van der Waals surface area (Å²) in [5.74, 6) is 0. The average molecular weight is 348 g/mol. The van der Waals surface area contributed by atoms with Gasteiger partial charge in [-0.25, -0.2) is 0 Å². The van der Waals surface area contributed by atoms with Gasteiger partial charge < -0.3 is 15.5 Å². The number of likely N-dealkylation sites (N-methyl/N-ethyl adjacent to an activating group) is 1. The molecule has 0 heterocycles. The lowest BCUT2D eigenvalue weighted by Gasteiger charge is -2.26. The van der Waals surface area contributed by atoms with Crippen molar-refractivity contribution in [3.05, 3.63) is 70.7 Å². The summed E-state index contributed by atoms with van der Waals surface area (Å²) in [6, 6.07) is 18.3. The molecule has 1 atom stereocenters. The van der Waals surface area contributed by atoms with Crippen molar-refractivity contribution >= 4 is 28.9 Å². The minimum Gasteiger partial charge on any atom is -0.361 e. The molecule has 0 aromatic heterocycles. The molecule has 2 N–H and O–H groups in total. The molecule has 0 spiro atoms. The van der Waals surface area contributed by atoms with Crippen molar-refractivity contribution in [2.45, 2.75) is 12.6 Å². The summed E-state index contributed by atoms with van der Waals surface area (Å²) < 4.78 is 0. The van der Waals surface area contributed by atoms with Crippen LogP contribution in [0.1, 0.15) is 17.2 Å². The number of hydrogen-bond acceptors (Lipinski definition) is 2. The van der Waals surface area contributed by atoms with Gasteiger partial charge >= 0.3 is 0 Å². The SMILES string of the molecule is CN(C)[C@H](CNC(=S)NCc1ccccc1)c1ccccc1Cl. The van der Waals surface area contributed by atoms with E-state index in [0.717, 1.165) is 10.6 Å². The van der Waals surface area contributed by atoms with Crippen molar-refractivity contribution in [1.82, 2.24) is 15.5 Å². The molecular formula is C18H22ClN3S. The number of hydrogen-bond donors (Lipinski definition) is 2. The summed E-state index contributed by atoms with van der Waals surface area (Å²) in [6.07, 6.45) is 0. The Hall–Kier alpha value is -1.62. The summed E-state index contributed by atoms with van der Waals surface area (Å²) >= 11 is 11.7. The highest BCUT2D eigenvalue weighted by molar-refractivity contribution is 7.80. The highest BCUT2D eigenvalue weighted by Gasteiger charge is 2.16. The Bertz CT molecular complexity index is 631. The molecule has 0 fully saturated rings. The van der Waals surface area contributed by atoms with E-state index >= 15 is 0 Å². The first-order valence-electron chi connectivity index (χ1n) is 7.54. The van der Waals surface area contributed by atoms with Gasteiger partial charge in [0.2, 0.25) is 0 Å². The number of thiocarbonyl (C=S) groups is 1. The second kappa shape index (κ2) is 8.87. The van der Waals surface area contributed by atoms with Crippen molar-refractivity contribution in [2.75, 3.05) is 20.6 Å². The molecule has 0 radical (unpaired) electrons. The first-order chi connectivity index (χ1) is 11.1. The predicted octanol–water partition coefficient (Wildman–Crippen LogP) is 3.61. The van der Waals surface area contributed by atoms with Crippen LogP contribution in [0.15, 0.2) is 54.6 Å². The third kappa shape index (κ3) is 5.50. The Labute approximate surface area is 148 Å². The molecule has 3 nitrogen and oxygen atoms in total. The van der Waals surface area contributed by atoms with Gasteiger partial charge in [-0.1, -0.05) is 60.1 Å². The molecule has 0 bridgehead atoms. The van der Waals surface area contributed by atoms with Crippen molar-refractivity contribution in [2.24, 2.45) is 0 Å². The van der Waals surface area contributed by atoms with Gasteiger partial charge in [-0.2, -0.15) is 0 Å². The van der Waals surface area contributed by atoms with Gasteiger partial charge in [0.25, 0.3) is 0 Å². The molecule has 2 aromatic carbocycles. The zero-order valence-corrected chi connectivity index (χ0v) is 15.0. The number of rotatable bonds is 6. The van der Waals surface area contributed by atoms with Crippen LogP contribution in [0.2, 0.25) is 5.02 Å². The van der Waals surface area contributed by atoms with Gasteiger partial charge in [-0.3, -0.25) is 0 Å². The first-order valence-corrected chi connectivity index (χ1v) is 8.33. The summed E-state index contributed by atoms with van der Waals surface area (Å²) in [5, 5.41) is 7.93. The quantitative estimate of drug-likeness (QED) is 0.781. The smallest absolute Gasteiger partial charge is 0.166 e. The van der Waals surface area contributed by atoms with Crippen molar-refractivity contribution in [3.8, 4) is 0 Å². The standard InChI is InChI=1S/C18H22ClN3S/c1-22(2)17(15-10-6-7-11-16(15)19)13-21-18(23)20-12-14-8-4-3-5-9-14/h3-11,17H,12-13H2,1-2H3,(H2,20,21,23)/t17-/m1/s1. The minimum atomic E-state index is 0.153. The molecule has 122 valence electrons. The summed E-state index contributed by atoms with van der Waals surface area (Å²) in [6.45, 7) is 1.41. The Morgan fingerprint density at radius 2 is 1.70 bits per heavy atom. The van der Waals surface area contributed by atoms with Crippen LogP contribution >= 0.6 is 23.8 Å². The third-order valence-corrected chi connectivity index (χ3v) is 4.27. The van der Waals surface area contributed by atoms with Crippen LogP contribution in [-0.2, 0) is 6.54 Å². The lowest BCUT2D eigenvalue weighted by atomic mass is 10.1.